The molecule has 8 heteroatoms. The van der Waals surface area contributed by atoms with Gasteiger partial charge in [-0.1, -0.05) is 0 Å². The van der Waals surface area contributed by atoms with Crippen molar-refractivity contribution in [3.05, 3.63) is 17.7 Å². The first-order valence-corrected chi connectivity index (χ1v) is 8.03. The summed E-state index contributed by atoms with van der Waals surface area (Å²) in [6.07, 6.45) is 0. The molecule has 0 bridgehead atoms. The van der Waals surface area contributed by atoms with Crippen LogP contribution in [-0.2, 0) is 9.05 Å². The molecule has 0 unspecified atom stereocenters. The largest absolute Gasteiger partial charge is 0.493 e. The van der Waals surface area contributed by atoms with Crippen molar-refractivity contribution < 1.29 is 22.7 Å². The fourth-order valence-electron chi connectivity index (χ4n) is 1.60. The van der Waals surface area contributed by atoms with Crippen LogP contribution in [0.5, 0.6) is 11.5 Å². The smallest absolute Gasteiger partial charge is 0.265 e. The third kappa shape index (κ3) is 3.34. The number of nitrogens with zero attached hydrogens (tertiary/aromatic N) is 1. The lowest BCUT2D eigenvalue weighted by Crippen LogP contribution is -2.26. The van der Waals surface area contributed by atoms with Crippen LogP contribution in [0.15, 0.2) is 17.0 Å². The number of amides is 1. The predicted molar refractivity (Wildman–Crippen MR) is 75.2 cm³/mol. The van der Waals surface area contributed by atoms with E-state index in [0.717, 1.165) is 0 Å². The van der Waals surface area contributed by atoms with E-state index in [0.29, 0.717) is 6.54 Å². The van der Waals surface area contributed by atoms with Crippen LogP contribution in [0, 0.1) is 0 Å². The van der Waals surface area contributed by atoms with Gasteiger partial charge in [-0.15, -0.1) is 0 Å². The van der Waals surface area contributed by atoms with Gasteiger partial charge in [0, 0.05) is 29.8 Å². The predicted octanol–water partition coefficient (Wildman–Crippen LogP) is 1.72. The maximum absolute atomic E-state index is 12.1. The maximum atomic E-state index is 12.1. The van der Waals surface area contributed by atoms with Gasteiger partial charge in [-0.2, -0.15) is 0 Å². The van der Waals surface area contributed by atoms with Gasteiger partial charge in [0.1, 0.15) is 4.90 Å². The zero-order chi connectivity index (χ0) is 15.5. The van der Waals surface area contributed by atoms with Crippen molar-refractivity contribution in [2.24, 2.45) is 0 Å². The molecule has 1 aromatic carbocycles. The summed E-state index contributed by atoms with van der Waals surface area (Å²) in [5.41, 5.74) is 0.159. The number of benzene rings is 1. The summed E-state index contributed by atoms with van der Waals surface area (Å²) in [7, 11) is 5.55. The van der Waals surface area contributed by atoms with E-state index in [4.69, 9.17) is 20.2 Å². The number of hydrogen-bond donors (Lipinski definition) is 0. The summed E-state index contributed by atoms with van der Waals surface area (Å²) in [5, 5.41) is 0. The molecule has 0 saturated carbocycles. The topological polar surface area (TPSA) is 72.9 Å². The molecule has 0 radical (unpaired) electrons. The van der Waals surface area contributed by atoms with Gasteiger partial charge in [-0.25, -0.2) is 8.42 Å². The van der Waals surface area contributed by atoms with Gasteiger partial charge in [0.25, 0.3) is 15.0 Å². The number of rotatable bonds is 5. The third-order valence-electron chi connectivity index (χ3n) is 2.78. The lowest BCUT2D eigenvalue weighted by atomic mass is 10.1. The van der Waals surface area contributed by atoms with E-state index in [1.807, 2.05) is 0 Å². The molecule has 0 saturated heterocycles. The number of hydrogen-bond acceptors (Lipinski definition) is 5. The highest BCUT2D eigenvalue weighted by Gasteiger charge is 2.24. The van der Waals surface area contributed by atoms with E-state index in [2.05, 4.69) is 0 Å². The van der Waals surface area contributed by atoms with Crippen molar-refractivity contribution in [2.75, 3.05) is 27.8 Å². The molecule has 0 aromatic heterocycles. The van der Waals surface area contributed by atoms with Crippen LogP contribution >= 0.6 is 10.7 Å². The first-order valence-electron chi connectivity index (χ1n) is 5.72. The fourth-order valence-corrected chi connectivity index (χ4v) is 2.61. The summed E-state index contributed by atoms with van der Waals surface area (Å²) in [4.78, 5) is 13.3. The standard InChI is InChI=1S/C12H16ClNO5S/c1-5-14(2)12(15)8-6-9(18-3)11(19-4)10(7-8)20(13,16)17/h6-7H,5H2,1-4H3. The SMILES string of the molecule is CCN(C)C(=O)c1cc(OC)c(OC)c(S(=O)(=O)Cl)c1. The van der Waals surface area contributed by atoms with E-state index < -0.39 is 9.05 Å². The number of carbonyl (C=O) groups excluding carboxylic acids is 1. The number of carbonyl (C=O) groups is 1. The van der Waals surface area contributed by atoms with Crippen molar-refractivity contribution in [1.29, 1.82) is 0 Å². The van der Waals surface area contributed by atoms with Gasteiger partial charge in [0.05, 0.1) is 14.2 Å². The fraction of sp³-hybridized carbons (Fsp3) is 0.417. The van der Waals surface area contributed by atoms with Crippen molar-refractivity contribution in [3.8, 4) is 11.5 Å². The molecule has 1 amide bonds. The second-order valence-corrected chi connectivity index (χ2v) is 6.50. The Morgan fingerprint density at radius 3 is 2.30 bits per heavy atom. The van der Waals surface area contributed by atoms with Crippen molar-refractivity contribution >= 4 is 25.6 Å². The molecule has 0 fully saturated rings. The molecule has 112 valence electrons. The highest BCUT2D eigenvalue weighted by Crippen LogP contribution is 2.37. The molecule has 0 atom stereocenters. The quantitative estimate of drug-likeness (QED) is 0.772. The van der Waals surface area contributed by atoms with Gasteiger partial charge in [-0.3, -0.25) is 4.79 Å². The molecule has 0 aliphatic heterocycles. The van der Waals surface area contributed by atoms with Crippen LogP contribution in [-0.4, -0.2) is 47.0 Å². The molecule has 1 aromatic rings. The van der Waals surface area contributed by atoms with E-state index in [-0.39, 0.29) is 27.9 Å². The number of ether oxygens (including phenoxy) is 2. The molecule has 6 nitrogen and oxygen atoms in total. The first kappa shape index (κ1) is 16.6. The van der Waals surface area contributed by atoms with Crippen LogP contribution < -0.4 is 9.47 Å². The van der Waals surface area contributed by atoms with Crippen molar-refractivity contribution in [1.82, 2.24) is 4.90 Å². The highest BCUT2D eigenvalue weighted by molar-refractivity contribution is 8.13. The van der Waals surface area contributed by atoms with E-state index >= 15 is 0 Å². The lowest BCUT2D eigenvalue weighted by Gasteiger charge is -2.17. The van der Waals surface area contributed by atoms with Crippen molar-refractivity contribution in [2.45, 2.75) is 11.8 Å². The Balaban J connectivity index is 3.56. The summed E-state index contributed by atoms with van der Waals surface area (Å²) >= 11 is 0. The minimum atomic E-state index is -4.07. The van der Waals surface area contributed by atoms with Crippen molar-refractivity contribution in [3.63, 3.8) is 0 Å². The van der Waals surface area contributed by atoms with Crippen LogP contribution in [0.4, 0.5) is 0 Å². The van der Waals surface area contributed by atoms with Gasteiger partial charge in [0.2, 0.25) is 0 Å². The van der Waals surface area contributed by atoms with E-state index in [1.165, 1.54) is 31.3 Å². The number of methoxy groups -OCH3 is 2. The maximum Gasteiger partial charge on any atom is 0.265 e. The zero-order valence-electron chi connectivity index (χ0n) is 11.6. The van der Waals surface area contributed by atoms with Crippen LogP contribution in [0.2, 0.25) is 0 Å². The van der Waals surface area contributed by atoms with Crippen LogP contribution in [0.25, 0.3) is 0 Å². The Kier molecular flexibility index (Phi) is 5.24. The first-order chi connectivity index (χ1) is 9.26. The minimum Gasteiger partial charge on any atom is -0.493 e. The van der Waals surface area contributed by atoms with E-state index in [1.54, 1.807) is 14.0 Å². The summed E-state index contributed by atoms with van der Waals surface area (Å²) in [6.45, 7) is 2.29. The van der Waals surface area contributed by atoms with Gasteiger partial charge < -0.3 is 14.4 Å². The molecule has 0 N–H and O–H groups in total. The summed E-state index contributed by atoms with van der Waals surface area (Å²) in [6, 6.07) is 2.59. The molecular weight excluding hydrogens is 306 g/mol. The Labute approximate surface area is 122 Å². The Bertz CT molecular complexity index is 615. The van der Waals surface area contributed by atoms with Crippen LogP contribution in [0.3, 0.4) is 0 Å². The average molecular weight is 322 g/mol. The van der Waals surface area contributed by atoms with Crippen LogP contribution in [0.1, 0.15) is 17.3 Å². The normalized spacial score (nSPS) is 11.1. The van der Waals surface area contributed by atoms with E-state index in [9.17, 15) is 13.2 Å². The summed E-state index contributed by atoms with van der Waals surface area (Å²) in [5.74, 6) is -0.240. The lowest BCUT2D eigenvalue weighted by molar-refractivity contribution is 0.0801. The molecular formula is C12H16ClNO5S. The third-order valence-corrected chi connectivity index (χ3v) is 4.10. The zero-order valence-corrected chi connectivity index (χ0v) is 13.2. The molecule has 1 rings (SSSR count). The Morgan fingerprint density at radius 2 is 1.90 bits per heavy atom. The van der Waals surface area contributed by atoms with Gasteiger partial charge in [-0.05, 0) is 19.1 Å². The van der Waals surface area contributed by atoms with Gasteiger partial charge in [0.15, 0.2) is 11.5 Å². The Hall–Kier alpha value is -1.47. The Morgan fingerprint density at radius 1 is 1.30 bits per heavy atom. The van der Waals surface area contributed by atoms with Gasteiger partial charge >= 0.3 is 0 Å². The molecule has 0 aliphatic rings. The minimum absolute atomic E-state index is 0.0294. The average Bonchev–Trinajstić information content (AvgIpc) is 2.42. The molecule has 20 heavy (non-hydrogen) atoms. The molecule has 0 spiro atoms. The second kappa shape index (κ2) is 6.32. The second-order valence-electron chi connectivity index (χ2n) is 3.97. The monoisotopic (exact) mass is 321 g/mol. The molecule has 0 aliphatic carbocycles. The highest BCUT2D eigenvalue weighted by atomic mass is 35.7. The number of halogens is 1. The molecule has 0 heterocycles. The summed E-state index contributed by atoms with van der Waals surface area (Å²) < 4.78 is 33.3.